The van der Waals surface area contributed by atoms with Gasteiger partial charge in [-0.2, -0.15) is 5.10 Å². The van der Waals surface area contributed by atoms with Gasteiger partial charge in [0.15, 0.2) is 16.4 Å². The highest BCUT2D eigenvalue weighted by Gasteiger charge is 2.31. The molecular weight excluding hydrogens is 528 g/mol. The number of carbonyl (C=O) groups is 2. The number of fused-ring (bicyclic) bond motifs is 3. The first-order chi connectivity index (χ1) is 18.2. The predicted molar refractivity (Wildman–Crippen MR) is 148 cm³/mol. The Kier molecular flexibility index (Phi) is 7.02. The number of amides is 1. The zero-order valence-electron chi connectivity index (χ0n) is 21.0. The van der Waals surface area contributed by atoms with Crippen molar-refractivity contribution in [3.8, 4) is 0 Å². The van der Waals surface area contributed by atoms with Crippen LogP contribution in [0, 0.1) is 6.92 Å². The molecule has 1 fully saturated rings. The average Bonchev–Trinajstić information content (AvgIpc) is 3.51. The van der Waals surface area contributed by atoms with Crippen molar-refractivity contribution in [2.45, 2.75) is 32.9 Å². The molecular formula is C27H27ClN4O5S. The van der Waals surface area contributed by atoms with Crippen molar-refractivity contribution in [1.29, 1.82) is 0 Å². The Morgan fingerprint density at radius 2 is 1.95 bits per heavy atom. The zero-order valence-corrected chi connectivity index (χ0v) is 22.6. The van der Waals surface area contributed by atoms with Gasteiger partial charge < -0.3 is 14.6 Å². The molecule has 0 radical (unpaired) electrons. The maximum Gasteiger partial charge on any atom is 0.331 e. The number of esters is 1. The fourth-order valence-electron chi connectivity index (χ4n) is 4.94. The van der Waals surface area contributed by atoms with E-state index in [4.69, 9.17) is 16.3 Å². The Balaban J connectivity index is 1.22. The number of hydrogen-bond donors (Lipinski definition) is 1. The van der Waals surface area contributed by atoms with Crippen LogP contribution < -0.4 is 5.32 Å². The monoisotopic (exact) mass is 554 g/mol. The maximum absolute atomic E-state index is 12.5. The van der Waals surface area contributed by atoms with Crippen LogP contribution in [-0.2, 0) is 30.7 Å². The highest BCUT2D eigenvalue weighted by atomic mass is 35.5. The topological polar surface area (TPSA) is 112 Å². The lowest BCUT2D eigenvalue weighted by Crippen LogP contribution is -2.20. The molecule has 4 aromatic rings. The largest absolute Gasteiger partial charge is 0.452 e. The van der Waals surface area contributed by atoms with E-state index in [1.165, 1.54) is 16.8 Å². The number of nitrogens with one attached hydrogen (secondary N) is 1. The van der Waals surface area contributed by atoms with Gasteiger partial charge in [-0.1, -0.05) is 29.8 Å². The Morgan fingerprint density at radius 1 is 1.18 bits per heavy atom. The molecule has 2 aromatic carbocycles. The van der Waals surface area contributed by atoms with Gasteiger partial charge in [-0.25, -0.2) is 17.9 Å². The molecule has 11 heteroatoms. The summed E-state index contributed by atoms with van der Waals surface area (Å²) in [5.74, 6) is -1.09. The van der Waals surface area contributed by atoms with Crippen molar-refractivity contribution in [3.05, 3.63) is 65.0 Å². The van der Waals surface area contributed by atoms with Crippen molar-refractivity contribution >= 4 is 66.9 Å². The Hall–Kier alpha value is -3.63. The van der Waals surface area contributed by atoms with E-state index in [9.17, 15) is 18.0 Å². The number of ether oxygens (including phenoxy) is 1. The number of aromatic nitrogens is 3. The van der Waals surface area contributed by atoms with Crippen LogP contribution in [0.15, 0.2) is 48.5 Å². The van der Waals surface area contributed by atoms with E-state index in [1.54, 1.807) is 6.92 Å². The minimum absolute atomic E-state index is 0.0122. The molecule has 1 N–H and O–H groups in total. The normalized spacial score (nSPS) is 17.0. The Morgan fingerprint density at radius 3 is 2.68 bits per heavy atom. The zero-order chi connectivity index (χ0) is 27.0. The van der Waals surface area contributed by atoms with Gasteiger partial charge in [0, 0.05) is 45.7 Å². The molecule has 1 unspecified atom stereocenters. The molecule has 0 bridgehead atoms. The number of carbonyl (C=O) groups excluding carboxylic acids is 2. The van der Waals surface area contributed by atoms with Crippen molar-refractivity contribution in [2.75, 3.05) is 23.4 Å². The number of rotatable bonds is 7. The SMILES string of the molecule is CCn1c2ccccc2c2cc(NC(=O)COC(=O)C=Cc3c(C)nn(C4CCS(=O)(=O)C4)c3Cl)ccc21. The van der Waals surface area contributed by atoms with Crippen LogP contribution in [0.4, 0.5) is 5.69 Å². The van der Waals surface area contributed by atoms with Crippen molar-refractivity contribution in [3.63, 3.8) is 0 Å². The van der Waals surface area contributed by atoms with Gasteiger partial charge in [0.05, 0.1) is 23.2 Å². The van der Waals surface area contributed by atoms with Gasteiger partial charge in [-0.05, 0) is 50.6 Å². The number of para-hydroxylation sites is 1. The summed E-state index contributed by atoms with van der Waals surface area (Å²) in [5, 5.41) is 9.52. The third-order valence-electron chi connectivity index (χ3n) is 6.73. The van der Waals surface area contributed by atoms with E-state index in [2.05, 4.69) is 34.0 Å². The van der Waals surface area contributed by atoms with Crippen LogP contribution in [0.3, 0.4) is 0 Å². The maximum atomic E-state index is 12.5. The number of aryl methyl sites for hydroxylation is 2. The summed E-state index contributed by atoms with van der Waals surface area (Å²) in [5.41, 5.74) is 3.87. The molecule has 38 heavy (non-hydrogen) atoms. The first-order valence-corrected chi connectivity index (χ1v) is 14.5. The van der Waals surface area contributed by atoms with Crippen LogP contribution in [-0.4, -0.2) is 52.8 Å². The molecule has 1 aliphatic heterocycles. The van der Waals surface area contributed by atoms with Crippen molar-refractivity contribution in [2.24, 2.45) is 0 Å². The lowest BCUT2D eigenvalue weighted by atomic mass is 10.1. The highest BCUT2D eigenvalue weighted by molar-refractivity contribution is 7.91. The van der Waals surface area contributed by atoms with Crippen molar-refractivity contribution in [1.82, 2.24) is 14.3 Å². The summed E-state index contributed by atoms with van der Waals surface area (Å²) < 4.78 is 32.4. The molecule has 2 aromatic heterocycles. The van der Waals surface area contributed by atoms with E-state index in [0.29, 0.717) is 23.4 Å². The number of sulfone groups is 1. The van der Waals surface area contributed by atoms with Crippen LogP contribution in [0.1, 0.15) is 30.6 Å². The van der Waals surface area contributed by atoms with Crippen molar-refractivity contribution < 1.29 is 22.7 Å². The molecule has 0 saturated carbocycles. The first-order valence-electron chi connectivity index (χ1n) is 12.3. The molecule has 1 amide bonds. The van der Waals surface area contributed by atoms with Crippen LogP contribution in [0.2, 0.25) is 5.15 Å². The minimum Gasteiger partial charge on any atom is -0.452 e. The lowest BCUT2D eigenvalue weighted by molar-refractivity contribution is -0.142. The number of benzene rings is 2. The molecule has 1 saturated heterocycles. The van der Waals surface area contributed by atoms with Crippen LogP contribution in [0.25, 0.3) is 27.9 Å². The fraction of sp³-hybridized carbons (Fsp3) is 0.296. The Labute approximate surface area is 224 Å². The predicted octanol–water partition coefficient (Wildman–Crippen LogP) is 4.53. The smallest absolute Gasteiger partial charge is 0.331 e. The Bertz CT molecular complexity index is 1700. The van der Waals surface area contributed by atoms with Gasteiger partial charge in [-0.3, -0.25) is 4.79 Å². The number of nitrogens with zero attached hydrogens (tertiary/aromatic N) is 3. The number of hydrogen-bond acceptors (Lipinski definition) is 6. The molecule has 198 valence electrons. The second-order valence-corrected chi connectivity index (χ2v) is 11.9. The van der Waals surface area contributed by atoms with Gasteiger partial charge >= 0.3 is 5.97 Å². The second-order valence-electron chi connectivity index (χ2n) is 9.27. The average molecular weight is 555 g/mol. The summed E-state index contributed by atoms with van der Waals surface area (Å²) in [4.78, 5) is 24.7. The molecule has 0 spiro atoms. The van der Waals surface area contributed by atoms with Gasteiger partial charge in [0.2, 0.25) is 0 Å². The molecule has 5 rings (SSSR count). The van der Waals surface area contributed by atoms with Gasteiger partial charge in [0.1, 0.15) is 5.15 Å². The highest BCUT2D eigenvalue weighted by Crippen LogP contribution is 2.32. The fourth-order valence-corrected chi connectivity index (χ4v) is 7.00. The summed E-state index contributed by atoms with van der Waals surface area (Å²) in [6.45, 7) is 4.18. The minimum atomic E-state index is -3.10. The van der Waals surface area contributed by atoms with E-state index >= 15 is 0 Å². The summed E-state index contributed by atoms with van der Waals surface area (Å²) in [6.07, 6.45) is 3.07. The second kappa shape index (κ2) is 10.3. The van der Waals surface area contributed by atoms with E-state index < -0.39 is 28.3 Å². The first kappa shape index (κ1) is 26.0. The standard InChI is InChI=1S/C27H27ClN4O5S/c1-3-31-23-7-5-4-6-21(23)22-14-18(8-10-24(22)31)29-25(33)15-37-26(34)11-9-20-17(2)30-32(27(20)28)19-12-13-38(35,36)16-19/h4-11,14,19H,3,12-13,15-16H2,1-2H3,(H,29,33). The number of halogens is 1. The molecule has 1 aliphatic rings. The van der Waals surface area contributed by atoms with Gasteiger partial charge in [0.25, 0.3) is 5.91 Å². The van der Waals surface area contributed by atoms with Gasteiger partial charge in [-0.15, -0.1) is 0 Å². The molecule has 9 nitrogen and oxygen atoms in total. The van der Waals surface area contributed by atoms with E-state index in [-0.39, 0.29) is 22.7 Å². The quantitative estimate of drug-likeness (QED) is 0.265. The van der Waals surface area contributed by atoms with E-state index in [1.807, 2.05) is 30.3 Å². The van der Waals surface area contributed by atoms with E-state index in [0.717, 1.165) is 28.4 Å². The third-order valence-corrected chi connectivity index (χ3v) is 8.86. The lowest BCUT2D eigenvalue weighted by Gasteiger charge is -2.09. The van der Waals surface area contributed by atoms with Crippen LogP contribution >= 0.6 is 11.6 Å². The third kappa shape index (κ3) is 5.06. The molecule has 0 aliphatic carbocycles. The summed E-state index contributed by atoms with van der Waals surface area (Å²) in [7, 11) is -3.10. The van der Waals surface area contributed by atoms with Crippen LogP contribution in [0.5, 0.6) is 0 Å². The summed E-state index contributed by atoms with van der Waals surface area (Å²) in [6, 6.07) is 13.5. The molecule has 3 heterocycles. The number of anilines is 1. The summed E-state index contributed by atoms with van der Waals surface area (Å²) >= 11 is 6.43. The molecule has 1 atom stereocenters.